The van der Waals surface area contributed by atoms with E-state index in [1.807, 2.05) is 17.8 Å². The van der Waals surface area contributed by atoms with Gasteiger partial charge in [0.2, 0.25) is 0 Å². The fourth-order valence-electron chi connectivity index (χ4n) is 2.27. The van der Waals surface area contributed by atoms with Crippen LogP contribution < -0.4 is 5.73 Å². The molecule has 0 fully saturated rings. The van der Waals surface area contributed by atoms with E-state index >= 15 is 0 Å². The minimum absolute atomic E-state index is 0.214. The molecule has 1 aliphatic carbocycles. The highest BCUT2D eigenvalue weighted by molar-refractivity contribution is 9.10. The quantitative estimate of drug-likeness (QED) is 0.822. The molecule has 1 heterocycles. The smallest absolute Gasteiger partial charge is 0.103 e. The van der Waals surface area contributed by atoms with Crippen LogP contribution in [0.25, 0.3) is 0 Å². The minimum atomic E-state index is 0.214. The topological polar surface area (TPSA) is 38.9 Å². The van der Waals surface area contributed by atoms with E-state index in [1.165, 1.54) is 26.9 Å². The number of thioether (sulfide) groups is 1. The predicted molar refractivity (Wildman–Crippen MR) is 85.7 cm³/mol. The molecule has 1 atom stereocenters. The van der Waals surface area contributed by atoms with Gasteiger partial charge in [0.15, 0.2) is 0 Å². The molecule has 0 amide bonds. The normalized spacial score (nSPS) is 18.3. The van der Waals surface area contributed by atoms with Gasteiger partial charge in [-0.15, -0.1) is 23.1 Å². The van der Waals surface area contributed by atoms with Crippen LogP contribution in [0.1, 0.15) is 34.5 Å². The Morgan fingerprint density at radius 2 is 2.37 bits per heavy atom. The second-order valence-corrected chi connectivity index (χ2v) is 7.74. The number of nitrogens with two attached hydrogens (primary N) is 1. The van der Waals surface area contributed by atoms with Crippen molar-refractivity contribution >= 4 is 39.0 Å². The fraction of sp³-hybridized carbons (Fsp3) is 0.357. The molecule has 2 N–H and O–H groups in total. The van der Waals surface area contributed by atoms with Crippen molar-refractivity contribution < 1.29 is 0 Å². The third kappa shape index (κ3) is 3.21. The van der Waals surface area contributed by atoms with Crippen LogP contribution in [0.2, 0.25) is 0 Å². The minimum Gasteiger partial charge on any atom is -0.323 e. The highest BCUT2D eigenvalue weighted by Crippen LogP contribution is 2.35. The first-order valence-corrected chi connectivity index (χ1v) is 8.94. The van der Waals surface area contributed by atoms with Gasteiger partial charge in [0.25, 0.3) is 0 Å². The van der Waals surface area contributed by atoms with Crippen LogP contribution >= 0.6 is 39.0 Å². The largest absolute Gasteiger partial charge is 0.323 e. The Hall–Kier alpha value is -0.360. The lowest BCUT2D eigenvalue weighted by molar-refractivity contribution is 0.573. The van der Waals surface area contributed by atoms with E-state index in [0.29, 0.717) is 0 Å². The first-order valence-electron chi connectivity index (χ1n) is 6.35. The van der Waals surface area contributed by atoms with E-state index in [2.05, 4.69) is 34.1 Å². The van der Waals surface area contributed by atoms with Gasteiger partial charge in [-0.25, -0.2) is 4.98 Å². The molecule has 1 aromatic carbocycles. The number of rotatable bonds is 3. The zero-order chi connectivity index (χ0) is 13.2. The molecule has 0 bridgehead atoms. The number of fused-ring (bicyclic) bond motifs is 1. The van der Waals surface area contributed by atoms with Crippen LogP contribution in [-0.2, 0) is 12.2 Å². The Morgan fingerprint density at radius 3 is 3.16 bits per heavy atom. The van der Waals surface area contributed by atoms with E-state index in [4.69, 9.17) is 10.7 Å². The van der Waals surface area contributed by atoms with Gasteiger partial charge in [-0.2, -0.15) is 0 Å². The predicted octanol–water partition coefficient (Wildman–Crippen LogP) is 4.53. The number of nitrogens with zero attached hydrogens (tertiary/aromatic N) is 1. The van der Waals surface area contributed by atoms with Gasteiger partial charge in [-0.3, -0.25) is 0 Å². The summed E-state index contributed by atoms with van der Waals surface area (Å²) in [6.45, 7) is 0. The second-order valence-electron chi connectivity index (χ2n) is 4.66. The summed E-state index contributed by atoms with van der Waals surface area (Å²) in [6.07, 6.45) is 3.38. The maximum Gasteiger partial charge on any atom is 0.103 e. The van der Waals surface area contributed by atoms with E-state index in [1.54, 1.807) is 11.3 Å². The highest BCUT2D eigenvalue weighted by atomic mass is 79.9. The monoisotopic (exact) mass is 354 g/mol. The molecule has 1 aromatic heterocycles. The Balaban J connectivity index is 1.71. The van der Waals surface area contributed by atoms with Crippen LogP contribution in [-0.4, -0.2) is 4.98 Å². The average molecular weight is 355 g/mol. The Kier molecular flexibility index (Phi) is 4.27. The molecule has 2 nitrogen and oxygen atoms in total. The number of aryl methyl sites for hydroxylation is 1. The maximum absolute atomic E-state index is 6.14. The number of hydrogen-bond acceptors (Lipinski definition) is 4. The Morgan fingerprint density at radius 1 is 1.47 bits per heavy atom. The van der Waals surface area contributed by atoms with Crippen molar-refractivity contribution in [1.29, 1.82) is 0 Å². The zero-order valence-electron chi connectivity index (χ0n) is 10.4. The van der Waals surface area contributed by atoms with Crippen molar-refractivity contribution in [1.82, 2.24) is 4.98 Å². The number of aromatic nitrogens is 1. The van der Waals surface area contributed by atoms with Crippen molar-refractivity contribution in [2.24, 2.45) is 5.73 Å². The average Bonchev–Trinajstić information content (AvgIpc) is 2.81. The van der Waals surface area contributed by atoms with Gasteiger partial charge in [-0.1, -0.05) is 22.0 Å². The molecule has 2 aromatic rings. The molecule has 0 saturated carbocycles. The molecule has 5 heteroatoms. The van der Waals surface area contributed by atoms with Gasteiger partial charge < -0.3 is 5.73 Å². The molecule has 100 valence electrons. The number of benzene rings is 1. The van der Waals surface area contributed by atoms with E-state index in [-0.39, 0.29) is 6.04 Å². The molecular weight excluding hydrogens is 340 g/mol. The zero-order valence-corrected chi connectivity index (χ0v) is 13.7. The molecular formula is C14H15BrN2S2. The van der Waals surface area contributed by atoms with Crippen LogP contribution in [0.15, 0.2) is 33.6 Å². The first-order chi connectivity index (χ1) is 9.22. The van der Waals surface area contributed by atoms with Gasteiger partial charge in [0.1, 0.15) is 5.01 Å². The lowest BCUT2D eigenvalue weighted by Gasteiger charge is -2.15. The lowest BCUT2D eigenvalue weighted by Crippen LogP contribution is -2.15. The Bertz CT molecular complexity index is 583. The van der Waals surface area contributed by atoms with Crippen molar-refractivity contribution in [2.75, 3.05) is 0 Å². The summed E-state index contributed by atoms with van der Waals surface area (Å²) in [5.41, 5.74) is 7.39. The number of thiazole rings is 1. The molecule has 1 aliphatic rings. The van der Waals surface area contributed by atoms with Gasteiger partial charge in [0.05, 0.1) is 11.4 Å². The van der Waals surface area contributed by atoms with Gasteiger partial charge >= 0.3 is 0 Å². The summed E-state index contributed by atoms with van der Waals surface area (Å²) in [4.78, 5) is 7.33. The van der Waals surface area contributed by atoms with Crippen molar-refractivity contribution in [3.8, 4) is 0 Å². The van der Waals surface area contributed by atoms with Crippen molar-refractivity contribution in [3.63, 3.8) is 0 Å². The molecule has 0 spiro atoms. The molecule has 1 unspecified atom stereocenters. The molecule has 19 heavy (non-hydrogen) atoms. The second kappa shape index (κ2) is 5.95. The third-order valence-electron chi connectivity index (χ3n) is 3.20. The van der Waals surface area contributed by atoms with Gasteiger partial charge in [0, 0.05) is 20.3 Å². The van der Waals surface area contributed by atoms with Crippen LogP contribution in [0, 0.1) is 0 Å². The summed E-state index contributed by atoms with van der Waals surface area (Å²) < 4.78 is 1.12. The summed E-state index contributed by atoms with van der Waals surface area (Å²) in [6, 6.07) is 8.60. The SMILES string of the molecule is NC1CCCc2nc(CSc3cccc(Br)c3)sc21. The van der Waals surface area contributed by atoms with E-state index in [0.717, 1.165) is 23.1 Å². The Labute approximate surface area is 129 Å². The fourth-order valence-corrected chi connectivity index (χ4v) is 4.91. The van der Waals surface area contributed by atoms with Gasteiger partial charge in [-0.05, 0) is 37.5 Å². The summed E-state index contributed by atoms with van der Waals surface area (Å²) in [7, 11) is 0. The van der Waals surface area contributed by atoms with Crippen LogP contribution in [0.3, 0.4) is 0 Å². The first kappa shape index (κ1) is 13.6. The lowest BCUT2D eigenvalue weighted by atomic mass is 9.99. The van der Waals surface area contributed by atoms with Crippen molar-refractivity contribution in [3.05, 3.63) is 44.3 Å². The number of halogens is 1. The highest BCUT2D eigenvalue weighted by Gasteiger charge is 2.21. The summed E-state index contributed by atoms with van der Waals surface area (Å²) in [5, 5.41) is 1.20. The van der Waals surface area contributed by atoms with Crippen LogP contribution in [0.4, 0.5) is 0 Å². The molecule has 0 radical (unpaired) electrons. The van der Waals surface area contributed by atoms with E-state index in [9.17, 15) is 0 Å². The maximum atomic E-state index is 6.14. The van der Waals surface area contributed by atoms with Crippen molar-refractivity contribution in [2.45, 2.75) is 36.0 Å². The molecule has 3 rings (SSSR count). The third-order valence-corrected chi connectivity index (χ3v) is 6.11. The summed E-state index contributed by atoms with van der Waals surface area (Å²) in [5.74, 6) is 0.931. The van der Waals surface area contributed by atoms with E-state index < -0.39 is 0 Å². The van der Waals surface area contributed by atoms with Crippen LogP contribution in [0.5, 0.6) is 0 Å². The standard InChI is InChI=1S/C14H15BrN2S2/c15-9-3-1-4-10(7-9)18-8-13-17-12-6-2-5-11(16)14(12)19-13/h1,3-4,7,11H,2,5-6,8,16H2. The molecule has 0 saturated heterocycles. The molecule has 0 aliphatic heterocycles. The summed E-state index contributed by atoms with van der Waals surface area (Å²) >= 11 is 7.13. The number of hydrogen-bond donors (Lipinski definition) is 1.